The van der Waals surface area contributed by atoms with Crippen molar-refractivity contribution in [3.63, 3.8) is 0 Å². The summed E-state index contributed by atoms with van der Waals surface area (Å²) in [4.78, 5) is 12.5. The third-order valence-electron chi connectivity index (χ3n) is 5.60. The van der Waals surface area contributed by atoms with E-state index in [0.717, 1.165) is 30.6 Å². The van der Waals surface area contributed by atoms with Gasteiger partial charge in [-0.2, -0.15) is 0 Å². The number of ether oxygens (including phenoxy) is 1. The normalized spacial score (nSPS) is 29.1. The summed E-state index contributed by atoms with van der Waals surface area (Å²) in [5.41, 5.74) is 7.28. The maximum Gasteiger partial charge on any atom is 0.220 e. The van der Waals surface area contributed by atoms with E-state index in [9.17, 15) is 4.79 Å². The van der Waals surface area contributed by atoms with Gasteiger partial charge in [-0.05, 0) is 62.5 Å². The Morgan fingerprint density at radius 2 is 1.96 bits per heavy atom. The highest BCUT2D eigenvalue weighted by Crippen LogP contribution is 2.39. The molecule has 0 aromatic heterocycles. The molecule has 2 unspecified atom stereocenters. The van der Waals surface area contributed by atoms with Gasteiger partial charge in [-0.25, -0.2) is 0 Å². The molecule has 3 rings (SSSR count). The number of hydrogen-bond acceptors (Lipinski definition) is 3. The fourth-order valence-corrected chi connectivity index (χ4v) is 4.54. The topological polar surface area (TPSA) is 64.3 Å². The zero-order valence-electron chi connectivity index (χ0n) is 14.7. The van der Waals surface area contributed by atoms with E-state index in [1.807, 2.05) is 31.2 Å². The first-order chi connectivity index (χ1) is 11.7. The molecule has 3 N–H and O–H groups in total. The minimum atomic E-state index is 0.165. The molecule has 132 valence electrons. The molecule has 2 bridgehead atoms. The molecule has 0 radical (unpaired) electrons. The van der Waals surface area contributed by atoms with Crippen LogP contribution in [0.4, 0.5) is 0 Å². The lowest BCUT2D eigenvalue weighted by molar-refractivity contribution is -0.123. The number of nitrogens with two attached hydrogens (primary N) is 1. The quantitative estimate of drug-likeness (QED) is 0.842. The molecular formula is C20H30N2O2. The van der Waals surface area contributed by atoms with Crippen LogP contribution in [0.5, 0.6) is 5.75 Å². The Balaban J connectivity index is 1.55. The zero-order chi connectivity index (χ0) is 16.9. The molecule has 2 atom stereocenters. The SMILES string of the molecule is CCOc1ccccc1CCC(=O)NC1C2CCCC1CC(N)C2. The molecule has 24 heavy (non-hydrogen) atoms. The van der Waals surface area contributed by atoms with Gasteiger partial charge in [0, 0.05) is 18.5 Å². The minimum Gasteiger partial charge on any atom is -0.494 e. The standard InChI is InChI=1S/C20H30N2O2/c1-2-24-18-9-4-3-6-14(18)10-11-19(23)22-20-15-7-5-8-16(20)13-17(21)12-15/h3-4,6,9,15-17,20H,2,5,7-8,10-13,21H2,1H3,(H,22,23). The van der Waals surface area contributed by atoms with Crippen molar-refractivity contribution in [2.24, 2.45) is 17.6 Å². The average Bonchev–Trinajstić information content (AvgIpc) is 2.55. The van der Waals surface area contributed by atoms with Crippen LogP contribution in [0.2, 0.25) is 0 Å². The molecule has 1 aromatic carbocycles. The molecule has 0 saturated heterocycles. The first kappa shape index (κ1) is 17.3. The van der Waals surface area contributed by atoms with E-state index in [0.29, 0.717) is 36.9 Å². The highest BCUT2D eigenvalue weighted by molar-refractivity contribution is 5.76. The van der Waals surface area contributed by atoms with Crippen LogP contribution in [0.3, 0.4) is 0 Å². The molecule has 2 fully saturated rings. The van der Waals surface area contributed by atoms with E-state index in [1.54, 1.807) is 0 Å². The summed E-state index contributed by atoms with van der Waals surface area (Å²) >= 11 is 0. The van der Waals surface area contributed by atoms with Gasteiger partial charge in [0.05, 0.1) is 6.61 Å². The van der Waals surface area contributed by atoms with Gasteiger partial charge in [-0.15, -0.1) is 0 Å². The van der Waals surface area contributed by atoms with Crippen molar-refractivity contribution < 1.29 is 9.53 Å². The number of benzene rings is 1. The second-order valence-corrected chi connectivity index (χ2v) is 7.32. The lowest BCUT2D eigenvalue weighted by Crippen LogP contribution is -2.53. The molecule has 1 aromatic rings. The monoisotopic (exact) mass is 330 g/mol. The molecule has 4 nitrogen and oxygen atoms in total. The van der Waals surface area contributed by atoms with Gasteiger partial charge >= 0.3 is 0 Å². The summed E-state index contributed by atoms with van der Waals surface area (Å²) in [6.07, 6.45) is 7.08. The number of carbonyl (C=O) groups excluding carboxylic acids is 1. The molecule has 2 saturated carbocycles. The van der Waals surface area contributed by atoms with E-state index in [1.165, 1.54) is 19.3 Å². The van der Waals surface area contributed by atoms with Gasteiger partial charge in [0.1, 0.15) is 5.75 Å². The van der Waals surface area contributed by atoms with Crippen LogP contribution in [0.25, 0.3) is 0 Å². The minimum absolute atomic E-state index is 0.165. The second-order valence-electron chi connectivity index (χ2n) is 7.32. The summed E-state index contributed by atoms with van der Waals surface area (Å²) in [7, 11) is 0. The highest BCUT2D eigenvalue weighted by Gasteiger charge is 2.39. The Morgan fingerprint density at radius 1 is 1.25 bits per heavy atom. The Morgan fingerprint density at radius 3 is 2.67 bits per heavy atom. The van der Waals surface area contributed by atoms with E-state index in [2.05, 4.69) is 5.32 Å². The first-order valence-electron chi connectivity index (χ1n) is 9.43. The smallest absolute Gasteiger partial charge is 0.220 e. The van der Waals surface area contributed by atoms with E-state index >= 15 is 0 Å². The lowest BCUT2D eigenvalue weighted by Gasteiger charge is -2.45. The Hall–Kier alpha value is -1.55. The van der Waals surface area contributed by atoms with Gasteiger partial charge in [0.25, 0.3) is 0 Å². The molecule has 0 aliphatic heterocycles. The largest absolute Gasteiger partial charge is 0.494 e. The van der Waals surface area contributed by atoms with Crippen LogP contribution in [-0.2, 0) is 11.2 Å². The fourth-order valence-electron chi connectivity index (χ4n) is 4.54. The molecule has 0 spiro atoms. The van der Waals surface area contributed by atoms with Crippen LogP contribution >= 0.6 is 0 Å². The maximum atomic E-state index is 12.5. The molecule has 4 heteroatoms. The van der Waals surface area contributed by atoms with E-state index in [-0.39, 0.29) is 5.91 Å². The average molecular weight is 330 g/mol. The van der Waals surface area contributed by atoms with Gasteiger partial charge in [0.15, 0.2) is 0 Å². The number of fused-ring (bicyclic) bond motifs is 2. The third-order valence-corrected chi connectivity index (χ3v) is 5.60. The number of amides is 1. The van der Waals surface area contributed by atoms with Crippen LogP contribution in [-0.4, -0.2) is 24.6 Å². The van der Waals surface area contributed by atoms with Crippen LogP contribution in [0.15, 0.2) is 24.3 Å². The molecule has 2 aliphatic rings. The van der Waals surface area contributed by atoms with Crippen molar-refractivity contribution in [1.29, 1.82) is 0 Å². The lowest BCUT2D eigenvalue weighted by atomic mass is 9.67. The van der Waals surface area contributed by atoms with Gasteiger partial charge in [-0.3, -0.25) is 4.79 Å². The molecular weight excluding hydrogens is 300 g/mol. The predicted molar refractivity (Wildman–Crippen MR) is 95.9 cm³/mol. The Labute approximate surface area is 145 Å². The third kappa shape index (κ3) is 4.10. The highest BCUT2D eigenvalue weighted by atomic mass is 16.5. The fraction of sp³-hybridized carbons (Fsp3) is 0.650. The second kappa shape index (κ2) is 8.02. The summed E-state index contributed by atoms with van der Waals surface area (Å²) < 4.78 is 5.65. The predicted octanol–water partition coefficient (Wildman–Crippen LogP) is 3.04. The van der Waals surface area contributed by atoms with Crippen molar-refractivity contribution in [2.45, 2.75) is 64.0 Å². The van der Waals surface area contributed by atoms with Gasteiger partial charge in [0.2, 0.25) is 5.91 Å². The molecule has 0 heterocycles. The maximum absolute atomic E-state index is 12.5. The number of aryl methyl sites for hydroxylation is 1. The number of carbonyl (C=O) groups is 1. The first-order valence-corrected chi connectivity index (χ1v) is 9.43. The Bertz CT molecular complexity index is 546. The van der Waals surface area contributed by atoms with Crippen LogP contribution in [0.1, 0.15) is 51.0 Å². The Kier molecular flexibility index (Phi) is 5.77. The number of rotatable bonds is 6. The van der Waals surface area contributed by atoms with Gasteiger partial charge in [-0.1, -0.05) is 24.6 Å². The number of para-hydroxylation sites is 1. The van der Waals surface area contributed by atoms with Crippen molar-refractivity contribution in [1.82, 2.24) is 5.32 Å². The van der Waals surface area contributed by atoms with Crippen molar-refractivity contribution >= 4 is 5.91 Å². The summed E-state index contributed by atoms with van der Waals surface area (Å²) in [5.74, 6) is 2.21. The number of hydrogen-bond donors (Lipinski definition) is 2. The van der Waals surface area contributed by atoms with Crippen molar-refractivity contribution in [3.05, 3.63) is 29.8 Å². The van der Waals surface area contributed by atoms with E-state index in [4.69, 9.17) is 10.5 Å². The van der Waals surface area contributed by atoms with Crippen LogP contribution in [0, 0.1) is 11.8 Å². The number of nitrogens with one attached hydrogen (secondary N) is 1. The van der Waals surface area contributed by atoms with Gasteiger partial charge < -0.3 is 15.8 Å². The summed E-state index contributed by atoms with van der Waals surface area (Å²) in [6, 6.07) is 8.67. The van der Waals surface area contributed by atoms with Crippen LogP contribution < -0.4 is 15.8 Å². The van der Waals surface area contributed by atoms with Crippen molar-refractivity contribution in [3.8, 4) is 5.75 Å². The summed E-state index contributed by atoms with van der Waals surface area (Å²) in [6.45, 7) is 2.63. The van der Waals surface area contributed by atoms with E-state index < -0.39 is 0 Å². The molecule has 2 aliphatic carbocycles. The zero-order valence-corrected chi connectivity index (χ0v) is 14.7. The summed E-state index contributed by atoms with van der Waals surface area (Å²) in [5, 5.41) is 3.33. The molecule has 1 amide bonds. The van der Waals surface area contributed by atoms with Crippen molar-refractivity contribution in [2.75, 3.05) is 6.61 Å².